The minimum absolute atomic E-state index is 0.593. The molecular formula is C16H14F9N3O. The van der Waals surface area contributed by atoms with Crippen molar-refractivity contribution in [3.63, 3.8) is 0 Å². The fourth-order valence-electron chi connectivity index (χ4n) is 1.76. The average molecular weight is 435 g/mol. The molecule has 162 valence electrons. The predicted molar refractivity (Wildman–Crippen MR) is 87.3 cm³/mol. The van der Waals surface area contributed by atoms with Gasteiger partial charge in [0.15, 0.2) is 0 Å². The molecule has 0 aliphatic rings. The first-order chi connectivity index (χ1) is 13.1. The van der Waals surface area contributed by atoms with Crippen molar-refractivity contribution in [1.82, 2.24) is 5.43 Å². The van der Waals surface area contributed by atoms with Crippen LogP contribution in [0.2, 0.25) is 0 Å². The van der Waals surface area contributed by atoms with Crippen LogP contribution >= 0.6 is 0 Å². The van der Waals surface area contributed by atoms with E-state index in [1.54, 1.807) is 38.4 Å². The Morgan fingerprint density at radius 2 is 1.45 bits per heavy atom. The number of hydrogen-bond donors (Lipinski definition) is 1. The van der Waals surface area contributed by atoms with Crippen LogP contribution in [0.5, 0.6) is 0 Å². The second-order valence-corrected chi connectivity index (χ2v) is 5.79. The topological polar surface area (TPSA) is 44.7 Å². The molecule has 0 aromatic heterocycles. The number of nitrogens with zero attached hydrogens (tertiary/aromatic N) is 2. The summed E-state index contributed by atoms with van der Waals surface area (Å²) < 4.78 is 114. The van der Waals surface area contributed by atoms with Crippen LogP contribution < -0.4 is 10.3 Å². The number of halogens is 9. The van der Waals surface area contributed by atoms with Crippen molar-refractivity contribution in [2.24, 2.45) is 5.10 Å². The molecule has 29 heavy (non-hydrogen) atoms. The Balaban J connectivity index is 2.82. The average Bonchev–Trinajstić information content (AvgIpc) is 2.60. The number of rotatable bonds is 7. The molecule has 0 spiro atoms. The molecule has 1 aromatic rings. The molecule has 0 saturated heterocycles. The van der Waals surface area contributed by atoms with Crippen molar-refractivity contribution < 1.29 is 44.3 Å². The number of alkyl halides is 9. The summed E-state index contributed by atoms with van der Waals surface area (Å²) >= 11 is 0. The molecule has 1 N–H and O–H groups in total. The van der Waals surface area contributed by atoms with Gasteiger partial charge < -0.3 is 4.90 Å². The van der Waals surface area contributed by atoms with Crippen molar-refractivity contribution in [3.8, 4) is 0 Å². The van der Waals surface area contributed by atoms with E-state index < -0.39 is 29.9 Å². The molecule has 1 rings (SSSR count). The summed E-state index contributed by atoms with van der Waals surface area (Å²) in [5.74, 6) is -23.7. The molecule has 0 aliphatic carbocycles. The van der Waals surface area contributed by atoms with E-state index in [2.05, 4.69) is 5.10 Å². The van der Waals surface area contributed by atoms with Gasteiger partial charge in [0.2, 0.25) is 0 Å². The fourth-order valence-corrected chi connectivity index (χ4v) is 1.76. The molecule has 1 aromatic carbocycles. The summed E-state index contributed by atoms with van der Waals surface area (Å²) in [7, 11) is 3.59. The maximum atomic E-state index is 13.3. The van der Waals surface area contributed by atoms with Gasteiger partial charge in [0.05, 0.1) is 0 Å². The Kier molecular flexibility index (Phi) is 6.98. The molecule has 0 fully saturated rings. The molecule has 0 heterocycles. The summed E-state index contributed by atoms with van der Waals surface area (Å²) in [5, 5.41) is 2.80. The van der Waals surface area contributed by atoms with E-state index >= 15 is 0 Å². The van der Waals surface area contributed by atoms with E-state index in [1.165, 1.54) is 6.08 Å². The Hall–Kier alpha value is -2.73. The zero-order valence-electron chi connectivity index (χ0n) is 14.7. The highest BCUT2D eigenvalue weighted by Gasteiger charge is 2.83. The van der Waals surface area contributed by atoms with E-state index in [4.69, 9.17) is 0 Å². The standard InChI is InChI=1S/C16H14F9N3O/c1-28(2)11-7-5-10(6-8-11)4-3-9-26-27-12(29)13(17,18)14(19,20)15(21,22)16(23,24)25/h3-9H,1-2H3,(H,27,29)/b4-3+,26-9+. The smallest absolute Gasteiger partial charge is 0.378 e. The van der Waals surface area contributed by atoms with Gasteiger partial charge in [-0.25, -0.2) is 5.43 Å². The van der Waals surface area contributed by atoms with Crippen molar-refractivity contribution >= 4 is 23.9 Å². The molecule has 0 aliphatic heterocycles. The largest absolute Gasteiger partial charge is 0.460 e. The molecule has 0 radical (unpaired) electrons. The SMILES string of the molecule is CN(C)c1ccc(/C=C/C=N/NC(=O)C(F)(F)C(F)(F)C(F)(F)C(F)(F)F)cc1. The van der Waals surface area contributed by atoms with E-state index in [0.29, 0.717) is 11.8 Å². The molecule has 1 amide bonds. The first-order valence-corrected chi connectivity index (χ1v) is 7.53. The summed E-state index contributed by atoms with van der Waals surface area (Å²) in [6, 6.07) is 6.74. The zero-order chi connectivity index (χ0) is 22.7. The van der Waals surface area contributed by atoms with Crippen molar-refractivity contribution in [3.05, 3.63) is 35.9 Å². The lowest BCUT2D eigenvalue weighted by atomic mass is 10.0. The van der Waals surface area contributed by atoms with Gasteiger partial charge in [-0.15, -0.1) is 0 Å². The van der Waals surface area contributed by atoms with Crippen LogP contribution in [-0.2, 0) is 4.79 Å². The van der Waals surface area contributed by atoms with Crippen LogP contribution in [0.3, 0.4) is 0 Å². The van der Waals surface area contributed by atoms with E-state index in [9.17, 15) is 44.3 Å². The van der Waals surface area contributed by atoms with Gasteiger partial charge in [-0.2, -0.15) is 44.6 Å². The van der Waals surface area contributed by atoms with Crippen molar-refractivity contribution in [1.29, 1.82) is 0 Å². The highest BCUT2D eigenvalue weighted by molar-refractivity contribution is 5.86. The Labute approximate surface area is 158 Å². The summed E-state index contributed by atoms with van der Waals surface area (Å²) in [4.78, 5) is 12.8. The van der Waals surface area contributed by atoms with Crippen molar-refractivity contribution in [2.75, 3.05) is 19.0 Å². The van der Waals surface area contributed by atoms with Crippen LogP contribution in [0, 0.1) is 0 Å². The number of benzene rings is 1. The lowest BCUT2D eigenvalue weighted by molar-refractivity contribution is -0.388. The quantitative estimate of drug-likeness (QED) is 0.394. The third-order valence-corrected chi connectivity index (χ3v) is 3.45. The number of hydrogen-bond acceptors (Lipinski definition) is 3. The van der Waals surface area contributed by atoms with E-state index in [0.717, 1.165) is 17.2 Å². The number of nitrogens with one attached hydrogen (secondary N) is 1. The fraction of sp³-hybridized carbons (Fsp3) is 0.375. The van der Waals surface area contributed by atoms with E-state index in [-0.39, 0.29) is 0 Å². The summed E-state index contributed by atoms with van der Waals surface area (Å²) in [6.45, 7) is 0. The number of carbonyl (C=O) groups is 1. The molecule has 4 nitrogen and oxygen atoms in total. The van der Waals surface area contributed by atoms with Gasteiger partial charge in [-0.05, 0) is 23.8 Å². The third kappa shape index (κ3) is 5.01. The normalized spacial score (nSPS) is 13.9. The number of hydrazone groups is 1. The second kappa shape index (κ2) is 8.33. The lowest BCUT2D eigenvalue weighted by Gasteiger charge is -2.32. The van der Waals surface area contributed by atoms with Crippen LogP contribution in [0.1, 0.15) is 5.56 Å². The maximum absolute atomic E-state index is 13.3. The molecule has 0 bridgehead atoms. The molecule has 13 heteroatoms. The number of amides is 1. The number of anilines is 1. The number of allylic oxidation sites excluding steroid dienone is 1. The molecule has 0 saturated carbocycles. The Morgan fingerprint density at radius 1 is 0.931 bits per heavy atom. The van der Waals surface area contributed by atoms with Crippen LogP contribution in [0.4, 0.5) is 45.2 Å². The minimum atomic E-state index is -7.15. The molecule has 0 unspecified atom stereocenters. The maximum Gasteiger partial charge on any atom is 0.460 e. The van der Waals surface area contributed by atoms with Gasteiger partial charge in [-0.3, -0.25) is 4.79 Å². The van der Waals surface area contributed by atoms with Crippen LogP contribution in [0.25, 0.3) is 6.08 Å². The van der Waals surface area contributed by atoms with Gasteiger partial charge in [-0.1, -0.05) is 18.2 Å². The lowest BCUT2D eigenvalue weighted by Crippen LogP contribution is -2.64. The number of carbonyl (C=O) groups excluding carboxylic acids is 1. The predicted octanol–water partition coefficient (Wildman–Crippen LogP) is 4.34. The van der Waals surface area contributed by atoms with Crippen molar-refractivity contribution in [2.45, 2.75) is 23.9 Å². The molecule has 0 atom stereocenters. The van der Waals surface area contributed by atoms with Gasteiger partial charge in [0, 0.05) is 26.0 Å². The van der Waals surface area contributed by atoms with Crippen LogP contribution in [-0.4, -0.2) is 50.2 Å². The minimum Gasteiger partial charge on any atom is -0.378 e. The highest BCUT2D eigenvalue weighted by atomic mass is 19.4. The zero-order valence-corrected chi connectivity index (χ0v) is 14.7. The first-order valence-electron chi connectivity index (χ1n) is 7.53. The summed E-state index contributed by atoms with van der Waals surface area (Å²) in [6.07, 6.45) is -3.94. The van der Waals surface area contributed by atoms with E-state index in [1.807, 2.05) is 4.90 Å². The van der Waals surface area contributed by atoms with Crippen LogP contribution in [0.15, 0.2) is 35.4 Å². The highest BCUT2D eigenvalue weighted by Crippen LogP contribution is 2.53. The Bertz CT molecular complexity index is 769. The first kappa shape index (κ1) is 24.3. The summed E-state index contributed by atoms with van der Waals surface area (Å²) in [5.41, 5.74) is 2.26. The molecular weight excluding hydrogens is 421 g/mol. The third-order valence-electron chi connectivity index (χ3n) is 3.45. The Morgan fingerprint density at radius 3 is 1.90 bits per heavy atom. The van der Waals surface area contributed by atoms with Gasteiger partial charge in [0.1, 0.15) is 0 Å². The van der Waals surface area contributed by atoms with Gasteiger partial charge in [0.25, 0.3) is 0 Å². The second-order valence-electron chi connectivity index (χ2n) is 5.79. The monoisotopic (exact) mass is 435 g/mol. The van der Waals surface area contributed by atoms with Gasteiger partial charge >= 0.3 is 29.9 Å².